The standard InChI is InChI=1S/C28H44N6O5S/c1-17(2)16-18(22(35)32-21(27(3,4)5)24(37)31-20-13-9-10-14-29-20)30-23(36)19(40)12-11-15-34-25(38)28(6,7)33(8)26(34)39/h9-10,13-14,17-19,21,40H,11-12,15-16H2,1-8H3,(H,30,36)(H,32,35)(H,29,31,37)/t18-,19-,21?/m0/s1. The van der Waals surface area contributed by atoms with Gasteiger partial charge in [-0.25, -0.2) is 9.78 Å². The summed E-state index contributed by atoms with van der Waals surface area (Å²) in [4.78, 5) is 71.2. The number of rotatable bonds is 12. The molecule has 1 aromatic rings. The van der Waals surface area contributed by atoms with Crippen molar-refractivity contribution < 1.29 is 24.0 Å². The lowest BCUT2D eigenvalue weighted by atomic mass is 9.85. The van der Waals surface area contributed by atoms with Crippen LogP contribution in [0.2, 0.25) is 0 Å². The molecule has 1 aliphatic rings. The molecule has 0 radical (unpaired) electrons. The van der Waals surface area contributed by atoms with Gasteiger partial charge < -0.3 is 20.9 Å². The number of likely N-dealkylation sites (N-methyl/N-ethyl adjacent to an activating group) is 1. The number of anilines is 1. The number of thiol groups is 1. The molecule has 3 atom stereocenters. The Balaban J connectivity index is 2.02. The zero-order valence-electron chi connectivity index (χ0n) is 24.8. The molecule has 2 rings (SSSR count). The normalized spacial score (nSPS) is 17.4. The summed E-state index contributed by atoms with van der Waals surface area (Å²) in [7, 11) is 1.58. The fraction of sp³-hybridized carbons (Fsp3) is 0.643. The predicted octanol–water partition coefficient (Wildman–Crippen LogP) is 2.83. The summed E-state index contributed by atoms with van der Waals surface area (Å²) >= 11 is 4.42. The maximum atomic E-state index is 13.4. The summed E-state index contributed by atoms with van der Waals surface area (Å²) in [6, 6.07) is 2.99. The van der Waals surface area contributed by atoms with E-state index in [4.69, 9.17) is 0 Å². The predicted molar refractivity (Wildman–Crippen MR) is 157 cm³/mol. The Morgan fingerprint density at radius 3 is 2.20 bits per heavy atom. The first-order chi connectivity index (χ1) is 18.5. The summed E-state index contributed by atoms with van der Waals surface area (Å²) in [5.41, 5.74) is -1.54. The van der Waals surface area contributed by atoms with Gasteiger partial charge in [0.2, 0.25) is 17.7 Å². The second-order valence-electron chi connectivity index (χ2n) is 12.2. The van der Waals surface area contributed by atoms with Crippen LogP contribution in [0.1, 0.15) is 67.7 Å². The minimum Gasteiger partial charge on any atom is -0.343 e. The summed E-state index contributed by atoms with van der Waals surface area (Å²) in [5.74, 6) is -1.16. The molecule has 1 aromatic heterocycles. The van der Waals surface area contributed by atoms with Crippen LogP contribution in [0.25, 0.3) is 0 Å². The topological polar surface area (TPSA) is 141 Å². The van der Waals surface area contributed by atoms with E-state index in [2.05, 4.69) is 33.6 Å². The van der Waals surface area contributed by atoms with Crippen molar-refractivity contribution in [1.29, 1.82) is 0 Å². The van der Waals surface area contributed by atoms with Gasteiger partial charge in [-0.2, -0.15) is 12.6 Å². The van der Waals surface area contributed by atoms with Gasteiger partial charge in [-0.05, 0) is 56.6 Å². The molecule has 3 N–H and O–H groups in total. The van der Waals surface area contributed by atoms with Crippen LogP contribution < -0.4 is 16.0 Å². The highest BCUT2D eigenvalue weighted by Gasteiger charge is 2.48. The third-order valence-electron chi connectivity index (χ3n) is 6.96. The number of nitrogens with one attached hydrogen (secondary N) is 3. The van der Waals surface area contributed by atoms with E-state index in [0.29, 0.717) is 25.1 Å². The van der Waals surface area contributed by atoms with Crippen molar-refractivity contribution in [3.8, 4) is 0 Å². The Bertz CT molecular complexity index is 1090. The highest BCUT2D eigenvalue weighted by atomic mass is 32.1. The van der Waals surface area contributed by atoms with E-state index >= 15 is 0 Å². The average molecular weight is 577 g/mol. The number of carbonyl (C=O) groups excluding carboxylic acids is 5. The van der Waals surface area contributed by atoms with Crippen molar-refractivity contribution >= 4 is 48.1 Å². The second-order valence-corrected chi connectivity index (χ2v) is 12.8. The molecule has 222 valence electrons. The average Bonchev–Trinajstić information content (AvgIpc) is 3.00. The van der Waals surface area contributed by atoms with Gasteiger partial charge in [0.25, 0.3) is 5.91 Å². The van der Waals surface area contributed by atoms with Gasteiger partial charge in [-0.1, -0.05) is 40.7 Å². The number of amides is 6. The Hall–Kier alpha value is -3.15. The molecular weight excluding hydrogens is 532 g/mol. The smallest absolute Gasteiger partial charge is 0.327 e. The number of nitrogens with zero attached hydrogens (tertiary/aromatic N) is 3. The van der Waals surface area contributed by atoms with Gasteiger partial charge in [0.1, 0.15) is 23.4 Å². The Kier molecular flexibility index (Phi) is 11.1. The highest BCUT2D eigenvalue weighted by Crippen LogP contribution is 2.26. The van der Waals surface area contributed by atoms with Crippen LogP contribution in [0.5, 0.6) is 0 Å². The van der Waals surface area contributed by atoms with E-state index in [0.717, 1.165) is 0 Å². The Morgan fingerprint density at radius 1 is 1.05 bits per heavy atom. The molecule has 1 fully saturated rings. The molecule has 0 bridgehead atoms. The van der Waals surface area contributed by atoms with Gasteiger partial charge in [0.05, 0.1) is 5.25 Å². The number of hydrogen-bond donors (Lipinski definition) is 4. The lowest BCUT2D eigenvalue weighted by molar-refractivity contribution is -0.132. The lowest BCUT2D eigenvalue weighted by Crippen LogP contribution is -2.57. The van der Waals surface area contributed by atoms with Crippen molar-refractivity contribution in [2.24, 2.45) is 11.3 Å². The largest absolute Gasteiger partial charge is 0.343 e. The fourth-order valence-corrected chi connectivity index (χ4v) is 4.53. The first-order valence-corrected chi connectivity index (χ1v) is 14.1. The number of urea groups is 1. The first-order valence-electron chi connectivity index (χ1n) is 13.6. The van der Waals surface area contributed by atoms with Crippen molar-refractivity contribution in [2.45, 2.75) is 90.6 Å². The summed E-state index contributed by atoms with van der Waals surface area (Å²) < 4.78 is 0. The summed E-state index contributed by atoms with van der Waals surface area (Å²) in [6.07, 6.45) is 2.59. The van der Waals surface area contributed by atoms with Crippen molar-refractivity contribution in [3.05, 3.63) is 24.4 Å². The minimum absolute atomic E-state index is 0.0809. The van der Waals surface area contributed by atoms with E-state index in [9.17, 15) is 24.0 Å². The van der Waals surface area contributed by atoms with E-state index < -0.39 is 46.0 Å². The SMILES string of the molecule is CC(C)C[C@H](NC(=O)[C@@H](S)CCCN1C(=O)N(C)C(C)(C)C1=O)C(=O)NC(C(=O)Nc1ccccn1)C(C)(C)C. The molecule has 1 unspecified atom stereocenters. The molecule has 11 nitrogen and oxygen atoms in total. The Morgan fingerprint density at radius 2 is 1.70 bits per heavy atom. The fourth-order valence-electron chi connectivity index (χ4n) is 4.28. The van der Waals surface area contributed by atoms with Crippen LogP contribution in [0.4, 0.5) is 10.6 Å². The molecule has 2 heterocycles. The molecule has 0 aliphatic carbocycles. The number of imide groups is 1. The molecule has 1 saturated heterocycles. The zero-order chi connectivity index (χ0) is 30.4. The monoisotopic (exact) mass is 576 g/mol. The van der Waals surface area contributed by atoms with Crippen LogP contribution in [-0.4, -0.2) is 80.9 Å². The second kappa shape index (κ2) is 13.5. The van der Waals surface area contributed by atoms with Crippen LogP contribution in [-0.2, 0) is 19.2 Å². The van der Waals surface area contributed by atoms with Gasteiger partial charge in [-0.15, -0.1) is 0 Å². The van der Waals surface area contributed by atoms with Crippen molar-refractivity contribution in [2.75, 3.05) is 18.9 Å². The number of carbonyl (C=O) groups is 5. The van der Waals surface area contributed by atoms with E-state index in [1.165, 1.54) is 9.80 Å². The molecule has 0 aromatic carbocycles. The quantitative estimate of drug-likeness (QED) is 0.223. The lowest BCUT2D eigenvalue weighted by Gasteiger charge is -2.32. The van der Waals surface area contributed by atoms with Gasteiger partial charge >= 0.3 is 6.03 Å². The van der Waals surface area contributed by atoms with Crippen LogP contribution >= 0.6 is 12.6 Å². The van der Waals surface area contributed by atoms with Crippen molar-refractivity contribution in [3.63, 3.8) is 0 Å². The van der Waals surface area contributed by atoms with Gasteiger partial charge in [0, 0.05) is 19.8 Å². The molecular formula is C28H44N6O5S. The molecule has 1 aliphatic heterocycles. The number of pyridine rings is 1. The molecule has 12 heteroatoms. The Labute approximate surface area is 242 Å². The zero-order valence-corrected chi connectivity index (χ0v) is 25.7. The van der Waals surface area contributed by atoms with E-state index in [1.807, 2.05) is 34.6 Å². The molecule has 0 spiro atoms. The maximum absolute atomic E-state index is 13.4. The minimum atomic E-state index is -0.911. The van der Waals surface area contributed by atoms with Gasteiger partial charge in [0.15, 0.2) is 0 Å². The summed E-state index contributed by atoms with van der Waals surface area (Å²) in [6.45, 7) is 12.9. The van der Waals surface area contributed by atoms with Crippen LogP contribution in [0.15, 0.2) is 24.4 Å². The van der Waals surface area contributed by atoms with Crippen LogP contribution in [0.3, 0.4) is 0 Å². The summed E-state index contributed by atoms with van der Waals surface area (Å²) in [5, 5.41) is 7.58. The van der Waals surface area contributed by atoms with Crippen LogP contribution in [0, 0.1) is 11.3 Å². The maximum Gasteiger partial charge on any atom is 0.327 e. The first kappa shape index (κ1) is 33.1. The third-order valence-corrected chi connectivity index (χ3v) is 7.45. The number of aromatic nitrogens is 1. The highest BCUT2D eigenvalue weighted by molar-refractivity contribution is 7.81. The van der Waals surface area contributed by atoms with Gasteiger partial charge in [-0.3, -0.25) is 24.1 Å². The third kappa shape index (κ3) is 8.42. The van der Waals surface area contributed by atoms with E-state index in [1.54, 1.807) is 45.3 Å². The number of hydrogen-bond acceptors (Lipinski definition) is 7. The molecule has 0 saturated carbocycles. The van der Waals surface area contributed by atoms with Crippen molar-refractivity contribution in [1.82, 2.24) is 25.4 Å². The van der Waals surface area contributed by atoms with E-state index in [-0.39, 0.29) is 24.4 Å². The molecule has 40 heavy (non-hydrogen) atoms. The molecule has 6 amide bonds.